The fourth-order valence-electron chi connectivity index (χ4n) is 4.40. The Balaban J connectivity index is 1.45. The number of alkyl halides is 3. The van der Waals surface area contributed by atoms with Crippen LogP contribution < -0.4 is 9.64 Å². The number of fused-ring (bicyclic) bond motifs is 1. The first-order valence-corrected chi connectivity index (χ1v) is 11.6. The van der Waals surface area contributed by atoms with Crippen molar-refractivity contribution in [2.45, 2.75) is 37.8 Å². The molecule has 1 fully saturated rings. The van der Waals surface area contributed by atoms with Crippen molar-refractivity contribution in [2.75, 3.05) is 31.2 Å². The van der Waals surface area contributed by atoms with Gasteiger partial charge in [0, 0.05) is 24.7 Å². The van der Waals surface area contributed by atoms with Gasteiger partial charge in [0.1, 0.15) is 19.0 Å². The van der Waals surface area contributed by atoms with Crippen molar-refractivity contribution in [2.24, 2.45) is 0 Å². The van der Waals surface area contributed by atoms with Gasteiger partial charge in [0.15, 0.2) is 12.7 Å². The average molecular weight is 522 g/mol. The van der Waals surface area contributed by atoms with Crippen molar-refractivity contribution in [1.82, 2.24) is 4.90 Å². The second-order valence-electron chi connectivity index (χ2n) is 8.67. The molecule has 198 valence electrons. The van der Waals surface area contributed by atoms with Gasteiger partial charge in [-0.2, -0.15) is 13.2 Å². The lowest BCUT2D eigenvalue weighted by Crippen LogP contribution is -2.51. The third-order valence-corrected chi connectivity index (χ3v) is 6.12. The molecule has 1 saturated heterocycles. The van der Waals surface area contributed by atoms with Gasteiger partial charge in [-0.05, 0) is 36.6 Å². The predicted molar refractivity (Wildman–Crippen MR) is 123 cm³/mol. The largest absolute Gasteiger partial charge is 0.482 e. The van der Waals surface area contributed by atoms with Gasteiger partial charge in [-0.15, -0.1) is 0 Å². The maximum Gasteiger partial charge on any atom is 0.414 e. The fraction of sp³-hybridized carbons (Fsp3) is 0.400. The van der Waals surface area contributed by atoms with Crippen LogP contribution in [0, 0.1) is 0 Å². The molecular weight excluding hydrogens is 497 g/mol. The first kappa shape index (κ1) is 26.3. The Morgan fingerprint density at radius 3 is 2.41 bits per heavy atom. The number of rotatable bonds is 8. The van der Waals surface area contributed by atoms with E-state index in [1.165, 1.54) is 29.2 Å². The standard InChI is InChI=1S/C25H25F3N2O7/c26-25(27,28)15-37-22(16-5-7-19(8-6-16)35-14-21(31)32)23(33)29-11-9-18(10-12-29)30-20-4-2-1-3-17(20)13-36-24(30)34/h1-8,18,22H,9-15H2,(H,31,32). The van der Waals surface area contributed by atoms with Crippen molar-refractivity contribution in [1.29, 1.82) is 0 Å². The molecule has 9 nitrogen and oxygen atoms in total. The maximum atomic E-state index is 13.3. The Bertz CT molecular complexity index is 1130. The summed E-state index contributed by atoms with van der Waals surface area (Å²) in [5.74, 6) is -1.64. The first-order chi connectivity index (χ1) is 17.6. The molecule has 0 aromatic heterocycles. The average Bonchev–Trinajstić information content (AvgIpc) is 2.87. The lowest BCUT2D eigenvalue weighted by Gasteiger charge is -2.40. The normalized spacial score (nSPS) is 17.1. The van der Waals surface area contributed by atoms with Crippen molar-refractivity contribution in [3.8, 4) is 5.75 Å². The molecule has 1 atom stereocenters. The Kier molecular flexibility index (Phi) is 7.86. The summed E-state index contributed by atoms with van der Waals surface area (Å²) in [6.07, 6.45) is -5.82. The number of aliphatic carboxylic acids is 1. The summed E-state index contributed by atoms with van der Waals surface area (Å²) in [7, 11) is 0. The molecule has 2 aliphatic rings. The topological polar surface area (TPSA) is 106 Å². The van der Waals surface area contributed by atoms with Crippen LogP contribution in [0.4, 0.5) is 23.7 Å². The van der Waals surface area contributed by atoms with Crippen LogP contribution in [0.15, 0.2) is 48.5 Å². The number of carbonyl (C=O) groups is 3. The molecule has 0 radical (unpaired) electrons. The predicted octanol–water partition coefficient (Wildman–Crippen LogP) is 3.92. The third-order valence-electron chi connectivity index (χ3n) is 6.12. The Labute approximate surface area is 210 Å². The van der Waals surface area contributed by atoms with Gasteiger partial charge in [0.05, 0.1) is 5.69 Å². The minimum atomic E-state index is -4.64. The highest BCUT2D eigenvalue weighted by molar-refractivity contribution is 5.91. The van der Waals surface area contributed by atoms with Crippen molar-refractivity contribution in [3.63, 3.8) is 0 Å². The van der Waals surface area contributed by atoms with Gasteiger partial charge in [0.25, 0.3) is 5.91 Å². The molecule has 4 rings (SSSR count). The molecular formula is C25H25F3N2O7. The lowest BCUT2D eigenvalue weighted by molar-refractivity contribution is -0.191. The van der Waals surface area contributed by atoms with Gasteiger partial charge in [-0.1, -0.05) is 30.3 Å². The number of carboxylic acids is 1. The number of cyclic esters (lactones) is 1. The zero-order chi connectivity index (χ0) is 26.6. The Morgan fingerprint density at radius 1 is 1.08 bits per heavy atom. The summed E-state index contributed by atoms with van der Waals surface area (Å²) >= 11 is 0. The number of piperidine rings is 1. The summed E-state index contributed by atoms with van der Waals surface area (Å²) in [6, 6.07) is 12.6. The highest BCUT2D eigenvalue weighted by atomic mass is 19.4. The lowest BCUT2D eigenvalue weighted by atomic mass is 9.99. The molecule has 2 heterocycles. The zero-order valence-electron chi connectivity index (χ0n) is 19.6. The molecule has 2 amide bonds. The van der Waals surface area contributed by atoms with Crippen LogP contribution in [-0.4, -0.2) is 66.5 Å². The van der Waals surface area contributed by atoms with Crippen molar-refractivity contribution < 1.29 is 46.9 Å². The Hall–Kier alpha value is -3.80. The number of amides is 2. The highest BCUT2D eigenvalue weighted by Crippen LogP contribution is 2.33. The molecule has 2 aromatic rings. The van der Waals surface area contributed by atoms with E-state index >= 15 is 0 Å². The second-order valence-corrected chi connectivity index (χ2v) is 8.67. The van der Waals surface area contributed by atoms with Gasteiger partial charge in [-0.25, -0.2) is 9.59 Å². The van der Waals surface area contributed by atoms with Gasteiger partial charge in [-0.3, -0.25) is 9.69 Å². The van der Waals surface area contributed by atoms with E-state index in [1.807, 2.05) is 24.3 Å². The summed E-state index contributed by atoms with van der Waals surface area (Å²) < 4.78 is 54.1. The highest BCUT2D eigenvalue weighted by Gasteiger charge is 2.38. The molecule has 1 unspecified atom stereocenters. The van der Waals surface area contributed by atoms with E-state index in [4.69, 9.17) is 19.3 Å². The number of para-hydroxylation sites is 1. The Morgan fingerprint density at radius 2 is 1.76 bits per heavy atom. The number of carboxylic acid groups (broad SMARTS) is 1. The van der Waals surface area contributed by atoms with Gasteiger partial charge in [0.2, 0.25) is 0 Å². The molecule has 2 aromatic carbocycles. The van der Waals surface area contributed by atoms with Crippen LogP contribution in [0.25, 0.3) is 0 Å². The fourth-order valence-corrected chi connectivity index (χ4v) is 4.40. The number of halogens is 3. The second kappa shape index (κ2) is 11.1. The van der Waals surface area contributed by atoms with Crippen LogP contribution in [0.5, 0.6) is 5.75 Å². The molecule has 0 spiro atoms. The molecule has 1 N–H and O–H groups in total. The quantitative estimate of drug-likeness (QED) is 0.560. The number of nitrogens with zero attached hydrogens (tertiary/aromatic N) is 2. The number of likely N-dealkylation sites (tertiary alicyclic amines) is 1. The monoisotopic (exact) mass is 522 g/mol. The number of benzene rings is 2. The van der Waals surface area contributed by atoms with E-state index in [1.54, 1.807) is 4.90 Å². The van der Waals surface area contributed by atoms with Crippen LogP contribution >= 0.6 is 0 Å². The van der Waals surface area contributed by atoms with E-state index in [0.29, 0.717) is 12.8 Å². The minimum absolute atomic E-state index is 0.174. The number of carbonyl (C=O) groups excluding carboxylic acids is 2. The van der Waals surface area contributed by atoms with Crippen LogP contribution in [-0.2, 0) is 25.7 Å². The molecule has 0 saturated carbocycles. The molecule has 0 bridgehead atoms. The van der Waals surface area contributed by atoms with Gasteiger partial charge >= 0.3 is 18.2 Å². The number of ether oxygens (including phenoxy) is 3. The molecule has 12 heteroatoms. The number of anilines is 1. The van der Waals surface area contributed by atoms with Gasteiger partial charge < -0.3 is 24.2 Å². The summed E-state index contributed by atoms with van der Waals surface area (Å²) in [4.78, 5) is 39.5. The maximum absolute atomic E-state index is 13.3. The van der Waals surface area contributed by atoms with Crippen molar-refractivity contribution in [3.05, 3.63) is 59.7 Å². The summed E-state index contributed by atoms with van der Waals surface area (Å²) in [5, 5.41) is 8.72. The minimum Gasteiger partial charge on any atom is -0.482 e. The van der Waals surface area contributed by atoms with E-state index in [9.17, 15) is 27.6 Å². The van der Waals surface area contributed by atoms with Crippen LogP contribution in [0.2, 0.25) is 0 Å². The van der Waals surface area contributed by atoms with E-state index < -0.39 is 43.5 Å². The zero-order valence-corrected chi connectivity index (χ0v) is 19.6. The molecule has 2 aliphatic heterocycles. The van der Waals surface area contributed by atoms with Crippen LogP contribution in [0.3, 0.4) is 0 Å². The van der Waals surface area contributed by atoms with E-state index in [0.717, 1.165) is 11.3 Å². The molecule has 0 aliphatic carbocycles. The van der Waals surface area contributed by atoms with Crippen LogP contribution in [0.1, 0.15) is 30.1 Å². The summed E-state index contributed by atoms with van der Waals surface area (Å²) in [5.41, 5.74) is 1.80. The van der Waals surface area contributed by atoms with E-state index in [2.05, 4.69) is 0 Å². The summed E-state index contributed by atoms with van der Waals surface area (Å²) in [6.45, 7) is -1.60. The first-order valence-electron chi connectivity index (χ1n) is 11.6. The van der Waals surface area contributed by atoms with Crippen molar-refractivity contribution >= 4 is 23.7 Å². The number of hydrogen-bond donors (Lipinski definition) is 1. The van der Waals surface area contributed by atoms with E-state index in [-0.39, 0.29) is 37.1 Å². The SMILES string of the molecule is O=C(O)COc1ccc(C(OCC(F)(F)F)C(=O)N2CCC(N3C(=O)OCc4ccccc43)CC2)cc1. The third kappa shape index (κ3) is 6.50. The smallest absolute Gasteiger partial charge is 0.414 e. The molecule has 37 heavy (non-hydrogen) atoms. The number of hydrogen-bond acceptors (Lipinski definition) is 6.